The Morgan fingerprint density at radius 3 is 2.68 bits per heavy atom. The second-order valence-corrected chi connectivity index (χ2v) is 7.70. The standard InChI is InChI=1S/C25H18N4O2/c1-15-6-5-9-17(12-15)23-27-24-22-21(16-7-3-2-4-8-16)19-11-10-18(30)13-20(19)31-25(22)26-14-29(24)28-23/h2-14,21,30H,1H3/t21-/m0/s1. The fourth-order valence-corrected chi connectivity index (χ4v) is 4.20. The van der Waals surface area contributed by atoms with Gasteiger partial charge >= 0.3 is 0 Å². The van der Waals surface area contributed by atoms with Gasteiger partial charge in [0.05, 0.1) is 5.56 Å². The van der Waals surface area contributed by atoms with Gasteiger partial charge in [0, 0.05) is 23.1 Å². The number of phenolic OH excluding ortho intramolecular Hbond substituents is 1. The minimum absolute atomic E-state index is 0.147. The third kappa shape index (κ3) is 2.84. The molecule has 6 rings (SSSR count). The Kier molecular flexibility index (Phi) is 3.80. The van der Waals surface area contributed by atoms with E-state index < -0.39 is 0 Å². The summed E-state index contributed by atoms with van der Waals surface area (Å²) in [7, 11) is 0. The van der Waals surface area contributed by atoms with Crippen molar-refractivity contribution in [3.05, 3.63) is 101 Å². The Bertz CT molecular complexity index is 1440. The highest BCUT2D eigenvalue weighted by molar-refractivity contribution is 5.68. The molecule has 1 aliphatic rings. The normalized spacial score (nSPS) is 14.7. The van der Waals surface area contributed by atoms with E-state index in [0.29, 0.717) is 23.1 Å². The van der Waals surface area contributed by atoms with E-state index in [1.807, 2.05) is 49.4 Å². The van der Waals surface area contributed by atoms with Gasteiger partial charge < -0.3 is 9.84 Å². The van der Waals surface area contributed by atoms with Crippen molar-refractivity contribution in [1.82, 2.24) is 19.6 Å². The molecule has 1 atom stereocenters. The van der Waals surface area contributed by atoms with Crippen LogP contribution in [0.25, 0.3) is 17.0 Å². The van der Waals surface area contributed by atoms with Gasteiger partial charge in [0.25, 0.3) is 0 Å². The lowest BCUT2D eigenvalue weighted by atomic mass is 9.84. The van der Waals surface area contributed by atoms with Gasteiger partial charge in [-0.2, -0.15) is 0 Å². The Balaban J connectivity index is 1.62. The molecule has 3 aromatic carbocycles. The summed E-state index contributed by atoms with van der Waals surface area (Å²) in [5.41, 5.74) is 5.71. The lowest BCUT2D eigenvalue weighted by Gasteiger charge is -2.27. The zero-order valence-electron chi connectivity index (χ0n) is 16.7. The second kappa shape index (κ2) is 6.67. The molecule has 0 fully saturated rings. The minimum Gasteiger partial charge on any atom is -0.508 e. The first kappa shape index (κ1) is 17.7. The molecule has 3 heterocycles. The minimum atomic E-state index is -0.147. The van der Waals surface area contributed by atoms with Crippen LogP contribution in [0.2, 0.25) is 0 Å². The van der Waals surface area contributed by atoms with Gasteiger partial charge in [-0.1, -0.05) is 60.2 Å². The monoisotopic (exact) mass is 406 g/mol. The van der Waals surface area contributed by atoms with E-state index in [2.05, 4.69) is 28.3 Å². The van der Waals surface area contributed by atoms with Crippen molar-refractivity contribution in [3.8, 4) is 28.8 Å². The Morgan fingerprint density at radius 2 is 1.84 bits per heavy atom. The number of benzene rings is 3. The maximum absolute atomic E-state index is 9.99. The summed E-state index contributed by atoms with van der Waals surface area (Å²) < 4.78 is 7.81. The number of aromatic hydroxyl groups is 1. The molecule has 1 N–H and O–H groups in total. The van der Waals surface area contributed by atoms with Crippen LogP contribution in [-0.2, 0) is 0 Å². The van der Waals surface area contributed by atoms with Gasteiger partial charge in [-0.25, -0.2) is 14.5 Å². The molecule has 0 saturated heterocycles. The predicted molar refractivity (Wildman–Crippen MR) is 117 cm³/mol. The predicted octanol–water partition coefficient (Wildman–Crippen LogP) is 5.09. The number of ether oxygens (including phenoxy) is 1. The first-order valence-corrected chi connectivity index (χ1v) is 10.1. The van der Waals surface area contributed by atoms with E-state index in [9.17, 15) is 5.11 Å². The zero-order valence-corrected chi connectivity index (χ0v) is 16.7. The third-order valence-corrected chi connectivity index (χ3v) is 5.60. The number of fused-ring (bicyclic) bond motifs is 4. The van der Waals surface area contributed by atoms with E-state index in [1.165, 1.54) is 0 Å². The molecule has 0 bridgehead atoms. The average Bonchev–Trinajstić information content (AvgIpc) is 3.23. The van der Waals surface area contributed by atoms with Gasteiger partial charge in [-0.3, -0.25) is 0 Å². The van der Waals surface area contributed by atoms with Crippen LogP contribution in [-0.4, -0.2) is 24.7 Å². The van der Waals surface area contributed by atoms with E-state index in [1.54, 1.807) is 23.0 Å². The largest absolute Gasteiger partial charge is 0.508 e. The fourth-order valence-electron chi connectivity index (χ4n) is 4.20. The molecule has 150 valence electrons. The molecule has 0 spiro atoms. The van der Waals surface area contributed by atoms with Crippen LogP contribution < -0.4 is 4.74 Å². The molecule has 6 nitrogen and oxygen atoms in total. The number of aryl methyl sites for hydroxylation is 1. The highest BCUT2D eigenvalue weighted by Gasteiger charge is 2.33. The fraction of sp³-hybridized carbons (Fsp3) is 0.0800. The van der Waals surface area contributed by atoms with Crippen molar-refractivity contribution in [1.29, 1.82) is 0 Å². The molecule has 1 aliphatic heterocycles. The van der Waals surface area contributed by atoms with Crippen molar-refractivity contribution in [2.45, 2.75) is 12.8 Å². The summed E-state index contributed by atoms with van der Waals surface area (Å²) in [5.74, 6) is 1.71. The molecule has 31 heavy (non-hydrogen) atoms. The van der Waals surface area contributed by atoms with Crippen LogP contribution in [0.15, 0.2) is 79.1 Å². The second-order valence-electron chi connectivity index (χ2n) is 7.70. The molecule has 0 saturated carbocycles. The number of phenols is 1. The topological polar surface area (TPSA) is 72.5 Å². The Morgan fingerprint density at radius 1 is 0.968 bits per heavy atom. The van der Waals surface area contributed by atoms with Crippen molar-refractivity contribution in [2.75, 3.05) is 0 Å². The lowest BCUT2D eigenvalue weighted by Crippen LogP contribution is -2.14. The SMILES string of the molecule is Cc1cccc(-c2nc3c4c(ncn3n2)Oc2cc(O)ccc2[C@@H]4c2ccccc2)c1. The van der Waals surface area contributed by atoms with E-state index >= 15 is 0 Å². The van der Waals surface area contributed by atoms with Crippen LogP contribution in [0.4, 0.5) is 0 Å². The van der Waals surface area contributed by atoms with Gasteiger partial charge in [0.15, 0.2) is 11.5 Å². The molecule has 6 heteroatoms. The van der Waals surface area contributed by atoms with Crippen LogP contribution in [0.3, 0.4) is 0 Å². The van der Waals surface area contributed by atoms with Gasteiger partial charge in [0.2, 0.25) is 5.88 Å². The van der Waals surface area contributed by atoms with Crippen LogP contribution >= 0.6 is 0 Å². The average molecular weight is 406 g/mol. The summed E-state index contributed by atoms with van der Waals surface area (Å²) in [4.78, 5) is 9.42. The van der Waals surface area contributed by atoms with Gasteiger partial charge in [-0.05, 0) is 24.6 Å². The van der Waals surface area contributed by atoms with Crippen molar-refractivity contribution in [3.63, 3.8) is 0 Å². The molecular weight excluding hydrogens is 388 g/mol. The molecule has 0 amide bonds. The Labute approximate surface area is 178 Å². The van der Waals surface area contributed by atoms with Crippen LogP contribution in [0, 0.1) is 6.92 Å². The van der Waals surface area contributed by atoms with E-state index in [4.69, 9.17) is 9.72 Å². The highest BCUT2D eigenvalue weighted by Crippen LogP contribution is 2.48. The van der Waals surface area contributed by atoms with E-state index in [-0.39, 0.29) is 11.7 Å². The summed E-state index contributed by atoms with van der Waals surface area (Å²) in [6.07, 6.45) is 1.62. The van der Waals surface area contributed by atoms with Crippen molar-refractivity contribution < 1.29 is 9.84 Å². The number of nitrogens with zero attached hydrogens (tertiary/aromatic N) is 4. The number of hydrogen-bond acceptors (Lipinski definition) is 5. The lowest BCUT2D eigenvalue weighted by molar-refractivity contribution is 0.422. The third-order valence-electron chi connectivity index (χ3n) is 5.60. The number of hydrogen-bond donors (Lipinski definition) is 1. The first-order chi connectivity index (χ1) is 15.2. The van der Waals surface area contributed by atoms with E-state index in [0.717, 1.165) is 27.8 Å². The maximum atomic E-state index is 9.99. The zero-order chi connectivity index (χ0) is 20.9. The Hall–Kier alpha value is -4.19. The number of aromatic nitrogens is 4. The van der Waals surface area contributed by atoms with Crippen molar-refractivity contribution in [2.24, 2.45) is 0 Å². The van der Waals surface area contributed by atoms with Crippen LogP contribution in [0.1, 0.15) is 28.2 Å². The summed E-state index contributed by atoms with van der Waals surface area (Å²) in [6.45, 7) is 2.05. The summed E-state index contributed by atoms with van der Waals surface area (Å²) in [5, 5.41) is 14.7. The first-order valence-electron chi connectivity index (χ1n) is 10.1. The van der Waals surface area contributed by atoms with Crippen LogP contribution in [0.5, 0.6) is 17.4 Å². The summed E-state index contributed by atoms with van der Waals surface area (Å²) in [6, 6.07) is 23.5. The highest BCUT2D eigenvalue weighted by atomic mass is 16.5. The number of rotatable bonds is 2. The van der Waals surface area contributed by atoms with Gasteiger partial charge in [-0.15, -0.1) is 5.10 Å². The maximum Gasteiger partial charge on any atom is 0.228 e. The molecule has 0 radical (unpaired) electrons. The van der Waals surface area contributed by atoms with Crippen molar-refractivity contribution >= 4 is 5.65 Å². The molecule has 0 unspecified atom stereocenters. The summed E-state index contributed by atoms with van der Waals surface area (Å²) >= 11 is 0. The molecule has 5 aromatic rings. The molecular formula is C25H18N4O2. The quantitative estimate of drug-likeness (QED) is 0.434. The smallest absolute Gasteiger partial charge is 0.228 e. The van der Waals surface area contributed by atoms with Gasteiger partial charge in [0.1, 0.15) is 17.8 Å². The molecule has 2 aromatic heterocycles. The molecule has 0 aliphatic carbocycles.